The van der Waals surface area contributed by atoms with Crippen molar-refractivity contribution in [3.8, 4) is 11.8 Å². The lowest BCUT2D eigenvalue weighted by Gasteiger charge is -2.36. The van der Waals surface area contributed by atoms with Crippen LogP contribution in [0.25, 0.3) is 0 Å². The highest BCUT2D eigenvalue weighted by Crippen LogP contribution is 2.36. The summed E-state index contributed by atoms with van der Waals surface area (Å²) in [7, 11) is -1.53. The molecule has 1 nitrogen and oxygen atoms in total. The molecule has 0 amide bonds. The van der Waals surface area contributed by atoms with Crippen LogP contribution in [-0.2, 0) is 4.43 Å². The van der Waals surface area contributed by atoms with Gasteiger partial charge in [-0.25, -0.2) is 0 Å². The van der Waals surface area contributed by atoms with Gasteiger partial charge in [-0.3, -0.25) is 0 Å². The Morgan fingerprint density at radius 1 is 1.25 bits per heavy atom. The van der Waals surface area contributed by atoms with Gasteiger partial charge in [-0.2, -0.15) is 0 Å². The van der Waals surface area contributed by atoms with Crippen LogP contribution in [0.2, 0.25) is 18.1 Å². The summed E-state index contributed by atoms with van der Waals surface area (Å²) in [5.74, 6) is 5.76. The van der Waals surface area contributed by atoms with Gasteiger partial charge in [0.15, 0.2) is 8.32 Å². The van der Waals surface area contributed by atoms with Crippen molar-refractivity contribution in [3.63, 3.8) is 0 Å². The van der Waals surface area contributed by atoms with Crippen LogP contribution in [0.3, 0.4) is 0 Å². The first-order valence-electron chi connectivity index (χ1n) is 6.02. The highest BCUT2D eigenvalue weighted by Gasteiger charge is 2.36. The highest BCUT2D eigenvalue weighted by molar-refractivity contribution is 6.74. The molecular formula is C14H26OSi. The largest absolute Gasteiger partial charge is 0.417 e. The van der Waals surface area contributed by atoms with Gasteiger partial charge in [-0.1, -0.05) is 32.8 Å². The number of rotatable bonds is 5. The SMILES string of the molecule is CC#C/C=C/CCCO[Si](C)(C)C(C)(C)C. The first kappa shape index (κ1) is 15.5. The summed E-state index contributed by atoms with van der Waals surface area (Å²) in [4.78, 5) is 0. The van der Waals surface area contributed by atoms with E-state index in [1.54, 1.807) is 0 Å². The summed E-state index contributed by atoms with van der Waals surface area (Å²) in [5, 5.41) is 0.316. The van der Waals surface area contributed by atoms with Gasteiger partial charge < -0.3 is 4.43 Å². The third kappa shape index (κ3) is 6.15. The van der Waals surface area contributed by atoms with Gasteiger partial charge >= 0.3 is 0 Å². The van der Waals surface area contributed by atoms with E-state index >= 15 is 0 Å². The fourth-order valence-corrected chi connectivity index (χ4v) is 2.06. The quantitative estimate of drug-likeness (QED) is 0.393. The molecule has 0 spiro atoms. The van der Waals surface area contributed by atoms with E-state index in [0.717, 1.165) is 19.4 Å². The van der Waals surface area contributed by atoms with Crippen LogP contribution in [0.5, 0.6) is 0 Å². The molecule has 0 bridgehead atoms. The van der Waals surface area contributed by atoms with E-state index in [-0.39, 0.29) is 0 Å². The van der Waals surface area contributed by atoms with Crippen molar-refractivity contribution in [2.75, 3.05) is 6.61 Å². The van der Waals surface area contributed by atoms with E-state index in [1.807, 2.05) is 13.0 Å². The number of allylic oxidation sites excluding steroid dienone is 2. The minimum absolute atomic E-state index is 0.316. The Hall–Kier alpha value is -0.523. The smallest absolute Gasteiger partial charge is 0.191 e. The molecule has 0 saturated heterocycles. The molecule has 0 rings (SSSR count). The fraction of sp³-hybridized carbons (Fsp3) is 0.714. The normalized spacial score (nSPS) is 12.6. The van der Waals surface area contributed by atoms with Gasteiger partial charge in [0, 0.05) is 6.61 Å². The second kappa shape index (κ2) is 6.93. The van der Waals surface area contributed by atoms with Crippen molar-refractivity contribution in [2.45, 2.75) is 58.7 Å². The fourth-order valence-electron chi connectivity index (χ4n) is 0.971. The average molecular weight is 238 g/mol. The average Bonchev–Trinajstić information content (AvgIpc) is 2.14. The molecule has 16 heavy (non-hydrogen) atoms. The molecular weight excluding hydrogens is 212 g/mol. The van der Waals surface area contributed by atoms with Crippen LogP contribution >= 0.6 is 0 Å². The van der Waals surface area contributed by atoms with E-state index in [9.17, 15) is 0 Å². The molecule has 0 radical (unpaired) electrons. The molecule has 0 atom stereocenters. The zero-order chi connectivity index (χ0) is 12.7. The lowest BCUT2D eigenvalue weighted by molar-refractivity contribution is 0.283. The molecule has 0 aromatic carbocycles. The lowest BCUT2D eigenvalue weighted by Crippen LogP contribution is -2.40. The molecule has 0 N–H and O–H groups in total. The van der Waals surface area contributed by atoms with Gasteiger partial charge in [-0.15, -0.1) is 5.92 Å². The zero-order valence-electron chi connectivity index (χ0n) is 11.7. The molecule has 92 valence electrons. The van der Waals surface area contributed by atoms with Crippen molar-refractivity contribution in [1.29, 1.82) is 0 Å². The van der Waals surface area contributed by atoms with E-state index < -0.39 is 8.32 Å². The second-order valence-electron chi connectivity index (χ2n) is 5.55. The first-order chi connectivity index (χ1) is 7.31. The predicted octanol–water partition coefficient (Wildman–Crippen LogP) is 4.37. The molecule has 0 aliphatic rings. The zero-order valence-corrected chi connectivity index (χ0v) is 12.7. The topological polar surface area (TPSA) is 9.23 Å². The minimum Gasteiger partial charge on any atom is -0.417 e. The van der Waals surface area contributed by atoms with Crippen LogP contribution < -0.4 is 0 Å². The Morgan fingerprint density at radius 2 is 1.88 bits per heavy atom. The highest BCUT2D eigenvalue weighted by atomic mass is 28.4. The third-order valence-electron chi connectivity index (χ3n) is 3.13. The summed E-state index contributed by atoms with van der Waals surface area (Å²) in [6.45, 7) is 14.1. The lowest BCUT2D eigenvalue weighted by atomic mass is 10.2. The van der Waals surface area contributed by atoms with Crippen molar-refractivity contribution in [2.24, 2.45) is 0 Å². The summed E-state index contributed by atoms with van der Waals surface area (Å²) >= 11 is 0. The van der Waals surface area contributed by atoms with Crippen molar-refractivity contribution >= 4 is 8.32 Å². The van der Waals surface area contributed by atoms with Gasteiger partial charge in [-0.05, 0) is 44.0 Å². The number of hydrogen-bond donors (Lipinski definition) is 0. The Kier molecular flexibility index (Phi) is 6.70. The van der Waals surface area contributed by atoms with Gasteiger partial charge in [0.05, 0.1) is 0 Å². The molecule has 0 aromatic heterocycles. The maximum absolute atomic E-state index is 6.07. The Labute approximate surface area is 102 Å². The second-order valence-corrected chi connectivity index (χ2v) is 10.4. The summed E-state index contributed by atoms with van der Waals surface area (Å²) in [6.07, 6.45) is 6.19. The predicted molar refractivity (Wildman–Crippen MR) is 75.0 cm³/mol. The molecule has 2 heteroatoms. The van der Waals surface area contributed by atoms with Gasteiger partial charge in [0.1, 0.15) is 0 Å². The maximum Gasteiger partial charge on any atom is 0.191 e. The third-order valence-corrected chi connectivity index (χ3v) is 7.67. The molecule has 0 unspecified atom stereocenters. The van der Waals surface area contributed by atoms with E-state index in [2.05, 4.69) is 51.8 Å². The number of unbranched alkanes of at least 4 members (excludes halogenated alkanes) is 1. The Balaban J connectivity index is 3.77. The van der Waals surface area contributed by atoms with E-state index in [1.165, 1.54) is 0 Å². The first-order valence-corrected chi connectivity index (χ1v) is 8.93. The molecule has 0 heterocycles. The van der Waals surface area contributed by atoms with Crippen LogP contribution in [0, 0.1) is 11.8 Å². The van der Waals surface area contributed by atoms with Gasteiger partial charge in [0.2, 0.25) is 0 Å². The summed E-state index contributed by atoms with van der Waals surface area (Å²) in [6, 6.07) is 0. The van der Waals surface area contributed by atoms with E-state index in [4.69, 9.17) is 4.43 Å². The summed E-state index contributed by atoms with van der Waals surface area (Å²) in [5.41, 5.74) is 0. The van der Waals surface area contributed by atoms with Crippen LogP contribution in [0.1, 0.15) is 40.5 Å². The van der Waals surface area contributed by atoms with Gasteiger partial charge in [0.25, 0.3) is 0 Å². The monoisotopic (exact) mass is 238 g/mol. The van der Waals surface area contributed by atoms with Crippen LogP contribution in [-0.4, -0.2) is 14.9 Å². The Morgan fingerprint density at radius 3 is 2.38 bits per heavy atom. The van der Waals surface area contributed by atoms with Crippen LogP contribution in [0.15, 0.2) is 12.2 Å². The maximum atomic E-state index is 6.07. The molecule has 0 aliphatic carbocycles. The molecule has 0 aliphatic heterocycles. The van der Waals surface area contributed by atoms with Crippen molar-refractivity contribution in [1.82, 2.24) is 0 Å². The standard InChI is InChI=1S/C14H26OSi/c1-7-8-9-10-11-12-13-15-16(5,6)14(2,3)4/h9-10H,11-13H2,1-6H3/b10-9+. The molecule has 0 aromatic rings. The van der Waals surface area contributed by atoms with E-state index in [0.29, 0.717) is 5.04 Å². The minimum atomic E-state index is -1.53. The summed E-state index contributed by atoms with van der Waals surface area (Å²) < 4.78 is 6.07. The van der Waals surface area contributed by atoms with Crippen molar-refractivity contribution in [3.05, 3.63) is 12.2 Å². The van der Waals surface area contributed by atoms with Crippen LogP contribution in [0.4, 0.5) is 0 Å². The van der Waals surface area contributed by atoms with Crippen molar-refractivity contribution < 1.29 is 4.43 Å². The number of hydrogen-bond acceptors (Lipinski definition) is 1. The molecule has 0 fully saturated rings. The molecule has 0 saturated carbocycles. The Bertz CT molecular complexity index is 273.